The summed E-state index contributed by atoms with van der Waals surface area (Å²) in [6.45, 7) is 1.61. The molecule has 3 fully saturated rings. The van der Waals surface area contributed by atoms with Gasteiger partial charge in [0.05, 0.1) is 30.4 Å². The third-order valence-electron chi connectivity index (χ3n) is 9.37. The fraction of sp³-hybridized carbons (Fsp3) is 0.484. The van der Waals surface area contributed by atoms with Gasteiger partial charge in [0.2, 0.25) is 0 Å². The lowest BCUT2D eigenvalue weighted by Gasteiger charge is -2.33. The van der Waals surface area contributed by atoms with E-state index in [2.05, 4.69) is 32.3 Å². The van der Waals surface area contributed by atoms with E-state index in [1.807, 2.05) is 36.3 Å². The normalized spacial score (nSPS) is 23.8. The summed E-state index contributed by atoms with van der Waals surface area (Å²) in [7, 11) is 3.65. The molecule has 9 heteroatoms. The van der Waals surface area contributed by atoms with E-state index in [0.717, 1.165) is 59.4 Å². The number of hydrogen-bond donors (Lipinski definition) is 1. The topological polar surface area (TPSA) is 115 Å². The van der Waals surface area contributed by atoms with E-state index in [1.165, 1.54) is 12.8 Å². The lowest BCUT2D eigenvalue weighted by atomic mass is 9.92. The molecule has 4 heterocycles. The van der Waals surface area contributed by atoms with Gasteiger partial charge in [0.15, 0.2) is 5.82 Å². The van der Waals surface area contributed by atoms with Gasteiger partial charge in [-0.1, -0.05) is 0 Å². The largest absolute Gasteiger partial charge is 0.494 e. The summed E-state index contributed by atoms with van der Waals surface area (Å²) >= 11 is 0. The molecule has 3 aliphatic rings. The van der Waals surface area contributed by atoms with Gasteiger partial charge in [0.1, 0.15) is 16.9 Å². The second-order valence-corrected chi connectivity index (χ2v) is 11.9. The van der Waals surface area contributed by atoms with Crippen LogP contribution in [0.4, 0.5) is 0 Å². The first-order valence-electron chi connectivity index (χ1n) is 14.4. The number of amides is 1. The average molecular weight is 538 g/mol. The molecule has 2 N–H and O–H groups in total. The number of carbonyl (C=O) groups is 1. The Kier molecular flexibility index (Phi) is 6.04. The van der Waals surface area contributed by atoms with E-state index >= 15 is 0 Å². The molecule has 9 nitrogen and oxygen atoms in total. The minimum atomic E-state index is -0.0209. The maximum Gasteiger partial charge on any atom is 0.254 e. The molecule has 0 radical (unpaired) electrons. The Bertz CT molecular complexity index is 1660. The van der Waals surface area contributed by atoms with Gasteiger partial charge in [-0.15, -0.1) is 0 Å². The van der Waals surface area contributed by atoms with Gasteiger partial charge in [-0.2, -0.15) is 5.26 Å². The highest BCUT2D eigenvalue weighted by Gasteiger charge is 2.52. The van der Waals surface area contributed by atoms with Gasteiger partial charge in [0, 0.05) is 49.7 Å². The quantitative estimate of drug-likeness (QED) is 0.331. The number of aryl methyl sites for hydroxylation is 1. The molecular weight excluding hydrogens is 502 g/mol. The fourth-order valence-electron chi connectivity index (χ4n) is 7.26. The van der Waals surface area contributed by atoms with Gasteiger partial charge < -0.3 is 24.5 Å². The maximum atomic E-state index is 13.9. The molecule has 1 aromatic carbocycles. The van der Waals surface area contributed by atoms with Crippen LogP contribution in [0.15, 0.2) is 36.5 Å². The Morgan fingerprint density at radius 2 is 2.12 bits per heavy atom. The summed E-state index contributed by atoms with van der Waals surface area (Å²) in [4.78, 5) is 25.7. The maximum absolute atomic E-state index is 13.9. The van der Waals surface area contributed by atoms with Crippen LogP contribution in [0.5, 0.6) is 5.75 Å². The molecule has 1 aliphatic heterocycles. The van der Waals surface area contributed by atoms with Crippen LogP contribution in [0.3, 0.4) is 0 Å². The number of nitrogens with zero attached hydrogens (tertiary/aromatic N) is 6. The number of nitrogens with two attached hydrogens (primary N) is 1. The number of fused-ring (bicyclic) bond motifs is 4. The van der Waals surface area contributed by atoms with Crippen LogP contribution in [0.25, 0.3) is 33.6 Å². The smallest absolute Gasteiger partial charge is 0.254 e. The molecular formula is C31H35N7O2. The Hall–Kier alpha value is -3.90. The number of aromatic nitrogens is 4. The summed E-state index contributed by atoms with van der Waals surface area (Å²) in [6, 6.07) is 12.2. The summed E-state index contributed by atoms with van der Waals surface area (Å²) in [6.07, 6.45) is 7.70. The van der Waals surface area contributed by atoms with Crippen LogP contribution >= 0.6 is 0 Å². The van der Waals surface area contributed by atoms with Crippen LogP contribution in [0.2, 0.25) is 0 Å². The molecule has 0 unspecified atom stereocenters. The highest BCUT2D eigenvalue weighted by Crippen LogP contribution is 2.44. The van der Waals surface area contributed by atoms with E-state index < -0.39 is 0 Å². The molecule has 4 aromatic rings. The summed E-state index contributed by atoms with van der Waals surface area (Å²) < 4.78 is 10.2. The zero-order valence-electron chi connectivity index (χ0n) is 23.1. The summed E-state index contributed by atoms with van der Waals surface area (Å²) in [5.41, 5.74) is 10.8. The molecule has 7 rings (SSSR count). The molecule has 1 saturated heterocycles. The minimum absolute atomic E-state index is 0.00916. The van der Waals surface area contributed by atoms with Crippen molar-refractivity contribution in [3.05, 3.63) is 42.1 Å². The lowest BCUT2D eigenvalue weighted by molar-refractivity contribution is 0.0629. The molecule has 2 bridgehead atoms. The van der Waals surface area contributed by atoms with Gasteiger partial charge >= 0.3 is 0 Å². The molecule has 2 aliphatic carbocycles. The van der Waals surface area contributed by atoms with Crippen molar-refractivity contribution in [2.24, 2.45) is 30.5 Å². The summed E-state index contributed by atoms with van der Waals surface area (Å²) in [5, 5.41) is 10.1. The van der Waals surface area contributed by atoms with Crippen LogP contribution in [0, 0.1) is 29.1 Å². The van der Waals surface area contributed by atoms with Crippen molar-refractivity contribution >= 4 is 28.0 Å². The number of methoxy groups -OCH3 is 1. The Morgan fingerprint density at radius 3 is 2.88 bits per heavy atom. The Morgan fingerprint density at radius 1 is 1.27 bits per heavy atom. The molecule has 1 amide bonds. The first kappa shape index (κ1) is 25.1. The second kappa shape index (κ2) is 9.63. The first-order valence-corrected chi connectivity index (χ1v) is 14.4. The van der Waals surface area contributed by atoms with Crippen LogP contribution in [-0.2, 0) is 13.6 Å². The van der Waals surface area contributed by atoms with Crippen molar-refractivity contribution in [1.82, 2.24) is 24.0 Å². The minimum Gasteiger partial charge on any atom is -0.494 e. The number of pyridine rings is 1. The standard InChI is InChI=1S/C31H35N7O2/c1-36-28-23(35-30(36)24-14-20-7-5-11-34-29(20)37(24)16-18-8-9-18)13-21(15-25(28)40-2)31(39)38-17-22-12-19(6-3-4-10-32)27(38)26(22)33/h5,7,11,13-15,18-19,22,26-27H,3-4,6,8-9,12,16-17,33H2,1-2H3/t19-,22+,26+,27+/m0/s1. The van der Waals surface area contributed by atoms with E-state index in [-0.39, 0.29) is 18.0 Å². The first-order chi connectivity index (χ1) is 19.5. The molecule has 3 aromatic heterocycles. The number of unbranched alkanes of at least 4 members (excludes halogenated alkanes) is 1. The monoisotopic (exact) mass is 537 g/mol. The van der Waals surface area contributed by atoms with Crippen molar-refractivity contribution < 1.29 is 9.53 Å². The number of rotatable bonds is 8. The molecule has 206 valence electrons. The molecule has 40 heavy (non-hydrogen) atoms. The average Bonchev–Trinajstić information content (AvgIpc) is 3.40. The third kappa shape index (κ3) is 3.96. The number of benzene rings is 1. The van der Waals surface area contributed by atoms with Crippen molar-refractivity contribution in [2.75, 3.05) is 13.7 Å². The third-order valence-corrected chi connectivity index (χ3v) is 9.37. The number of imidazole rings is 1. The van der Waals surface area contributed by atoms with Gasteiger partial charge in [-0.3, -0.25) is 4.79 Å². The van der Waals surface area contributed by atoms with Crippen molar-refractivity contribution in [1.29, 1.82) is 5.26 Å². The lowest BCUT2D eigenvalue weighted by Crippen LogP contribution is -2.45. The predicted molar refractivity (Wildman–Crippen MR) is 153 cm³/mol. The van der Waals surface area contributed by atoms with Crippen LogP contribution in [-0.4, -0.2) is 55.6 Å². The Labute approximate surface area is 233 Å². The molecule has 0 spiro atoms. The van der Waals surface area contributed by atoms with Crippen molar-refractivity contribution in [2.45, 2.75) is 57.2 Å². The number of carbonyl (C=O) groups excluding carboxylic acids is 1. The molecule has 2 saturated carbocycles. The highest BCUT2D eigenvalue weighted by molar-refractivity contribution is 6.00. The predicted octanol–water partition coefficient (Wildman–Crippen LogP) is 4.49. The van der Waals surface area contributed by atoms with E-state index in [0.29, 0.717) is 42.0 Å². The zero-order chi connectivity index (χ0) is 27.5. The van der Waals surface area contributed by atoms with E-state index in [9.17, 15) is 4.79 Å². The second-order valence-electron chi connectivity index (χ2n) is 11.9. The van der Waals surface area contributed by atoms with Gasteiger partial charge in [0.25, 0.3) is 5.91 Å². The number of ether oxygens (including phenoxy) is 1. The molecule has 4 atom stereocenters. The highest BCUT2D eigenvalue weighted by atomic mass is 16.5. The van der Waals surface area contributed by atoms with Crippen molar-refractivity contribution in [3.8, 4) is 23.3 Å². The van der Waals surface area contributed by atoms with Crippen LogP contribution < -0.4 is 10.5 Å². The Balaban J connectivity index is 1.27. The number of piperidine rings is 1. The summed E-state index contributed by atoms with van der Waals surface area (Å²) in [5.74, 6) is 2.78. The van der Waals surface area contributed by atoms with E-state index in [1.54, 1.807) is 7.11 Å². The number of nitriles is 1. The fourth-order valence-corrected chi connectivity index (χ4v) is 7.26. The zero-order valence-corrected chi connectivity index (χ0v) is 23.1. The number of hydrogen-bond acceptors (Lipinski definition) is 6. The van der Waals surface area contributed by atoms with Gasteiger partial charge in [-0.05, 0) is 80.2 Å². The van der Waals surface area contributed by atoms with E-state index in [4.69, 9.17) is 20.7 Å². The number of likely N-dealkylation sites (tertiary alicyclic amines) is 1. The van der Waals surface area contributed by atoms with Gasteiger partial charge in [-0.25, -0.2) is 9.97 Å². The SMILES string of the molecule is COc1cc(C(=O)N2C[C@H]3C[C@H](CCCC#N)[C@@H]2[C@@H]3N)cc2nc(-c3cc4cccnc4n3CC3CC3)n(C)c12. The van der Waals surface area contributed by atoms with Crippen molar-refractivity contribution in [3.63, 3.8) is 0 Å². The van der Waals surface area contributed by atoms with Crippen LogP contribution in [0.1, 0.15) is 48.9 Å².